The highest BCUT2D eigenvalue weighted by Crippen LogP contribution is 2.30. The molecular weight excluding hydrogens is 393 g/mol. The maximum atomic E-state index is 13.5. The molecule has 164 valence electrons. The van der Waals surface area contributed by atoms with E-state index >= 15 is 0 Å². The number of nitrogens with zero attached hydrogens (tertiary/aromatic N) is 1. The van der Waals surface area contributed by atoms with Gasteiger partial charge in [-0.05, 0) is 67.8 Å². The molecule has 4 nitrogen and oxygen atoms in total. The van der Waals surface area contributed by atoms with Crippen LogP contribution in [-0.4, -0.2) is 23.5 Å². The molecular formula is C26H30FNO3. The second kappa shape index (κ2) is 10.8. The van der Waals surface area contributed by atoms with Gasteiger partial charge in [0.25, 0.3) is 0 Å². The summed E-state index contributed by atoms with van der Waals surface area (Å²) < 4.78 is 24.7. The van der Waals surface area contributed by atoms with Gasteiger partial charge in [0.15, 0.2) is 0 Å². The van der Waals surface area contributed by atoms with Crippen LogP contribution in [0.3, 0.4) is 0 Å². The molecule has 0 saturated carbocycles. The van der Waals surface area contributed by atoms with Crippen molar-refractivity contribution in [3.05, 3.63) is 89.6 Å². The van der Waals surface area contributed by atoms with E-state index in [1.165, 1.54) is 12.1 Å². The van der Waals surface area contributed by atoms with Crippen LogP contribution in [0.2, 0.25) is 0 Å². The van der Waals surface area contributed by atoms with Crippen LogP contribution in [0.25, 0.3) is 0 Å². The SMILES string of the molecule is CCC(=O)N(CCC(c1ccc(F)cc1)c1ccc(OC(C)C)cc1)Cc1ccco1. The Morgan fingerprint density at radius 1 is 1.03 bits per heavy atom. The molecule has 1 amide bonds. The van der Waals surface area contributed by atoms with Gasteiger partial charge in [-0.25, -0.2) is 4.39 Å². The third kappa shape index (κ3) is 6.45. The molecule has 1 aromatic heterocycles. The first-order valence-corrected chi connectivity index (χ1v) is 10.8. The Kier molecular flexibility index (Phi) is 7.88. The summed E-state index contributed by atoms with van der Waals surface area (Å²) in [5, 5.41) is 0. The second-order valence-corrected chi connectivity index (χ2v) is 7.88. The zero-order chi connectivity index (χ0) is 22.2. The summed E-state index contributed by atoms with van der Waals surface area (Å²) in [7, 11) is 0. The molecule has 0 spiro atoms. The molecule has 0 fully saturated rings. The minimum atomic E-state index is -0.260. The maximum Gasteiger partial charge on any atom is 0.222 e. The number of furan rings is 1. The van der Waals surface area contributed by atoms with E-state index in [4.69, 9.17) is 9.15 Å². The normalized spacial score (nSPS) is 12.0. The number of benzene rings is 2. The minimum Gasteiger partial charge on any atom is -0.491 e. The van der Waals surface area contributed by atoms with Crippen molar-refractivity contribution in [3.63, 3.8) is 0 Å². The van der Waals surface area contributed by atoms with Gasteiger partial charge in [-0.2, -0.15) is 0 Å². The summed E-state index contributed by atoms with van der Waals surface area (Å²) >= 11 is 0. The highest BCUT2D eigenvalue weighted by atomic mass is 19.1. The predicted octanol–water partition coefficient (Wildman–Crippen LogP) is 6.17. The van der Waals surface area contributed by atoms with Gasteiger partial charge in [-0.3, -0.25) is 4.79 Å². The third-order valence-electron chi connectivity index (χ3n) is 5.20. The molecule has 2 aromatic carbocycles. The molecule has 0 aliphatic heterocycles. The Morgan fingerprint density at radius 3 is 2.23 bits per heavy atom. The molecule has 1 heterocycles. The van der Waals surface area contributed by atoms with Crippen LogP contribution in [0.15, 0.2) is 71.3 Å². The van der Waals surface area contributed by atoms with Crippen molar-refractivity contribution in [2.75, 3.05) is 6.54 Å². The molecule has 0 radical (unpaired) electrons. The Bertz CT molecular complexity index is 934. The zero-order valence-electron chi connectivity index (χ0n) is 18.4. The van der Waals surface area contributed by atoms with E-state index < -0.39 is 0 Å². The molecule has 1 atom stereocenters. The number of hydrogen-bond acceptors (Lipinski definition) is 3. The summed E-state index contributed by atoms with van der Waals surface area (Å²) in [6.45, 7) is 6.86. The first-order valence-electron chi connectivity index (χ1n) is 10.8. The van der Waals surface area contributed by atoms with E-state index in [0.717, 1.165) is 22.6 Å². The fraction of sp³-hybridized carbons (Fsp3) is 0.346. The summed E-state index contributed by atoms with van der Waals surface area (Å²) in [5.41, 5.74) is 2.12. The topological polar surface area (TPSA) is 42.7 Å². The first-order chi connectivity index (χ1) is 15.0. The number of ether oxygens (including phenoxy) is 1. The number of amides is 1. The van der Waals surface area contributed by atoms with Gasteiger partial charge in [0.2, 0.25) is 5.91 Å². The highest BCUT2D eigenvalue weighted by Gasteiger charge is 2.19. The Labute approximate surface area is 183 Å². The number of carbonyl (C=O) groups excluding carboxylic acids is 1. The lowest BCUT2D eigenvalue weighted by atomic mass is 9.88. The van der Waals surface area contributed by atoms with Gasteiger partial charge in [-0.15, -0.1) is 0 Å². The summed E-state index contributed by atoms with van der Waals surface area (Å²) in [4.78, 5) is 14.4. The van der Waals surface area contributed by atoms with Crippen molar-refractivity contribution in [3.8, 4) is 5.75 Å². The van der Waals surface area contributed by atoms with Crippen LogP contribution in [-0.2, 0) is 11.3 Å². The molecule has 5 heteroatoms. The van der Waals surface area contributed by atoms with Crippen molar-refractivity contribution < 1.29 is 18.3 Å². The van der Waals surface area contributed by atoms with Gasteiger partial charge in [0.1, 0.15) is 17.3 Å². The molecule has 0 saturated heterocycles. The molecule has 0 aliphatic rings. The predicted molar refractivity (Wildman–Crippen MR) is 119 cm³/mol. The number of rotatable bonds is 10. The quantitative estimate of drug-likeness (QED) is 0.392. The van der Waals surface area contributed by atoms with Gasteiger partial charge in [-0.1, -0.05) is 31.2 Å². The van der Waals surface area contributed by atoms with E-state index in [1.807, 2.05) is 74.2 Å². The van der Waals surface area contributed by atoms with Gasteiger partial charge < -0.3 is 14.1 Å². The Morgan fingerprint density at radius 2 is 1.68 bits per heavy atom. The van der Waals surface area contributed by atoms with Crippen LogP contribution in [0.5, 0.6) is 5.75 Å². The van der Waals surface area contributed by atoms with Crippen molar-refractivity contribution in [2.24, 2.45) is 0 Å². The van der Waals surface area contributed by atoms with Crippen LogP contribution in [0, 0.1) is 5.82 Å². The first kappa shape index (κ1) is 22.6. The highest BCUT2D eigenvalue weighted by molar-refractivity contribution is 5.75. The second-order valence-electron chi connectivity index (χ2n) is 7.88. The lowest BCUT2D eigenvalue weighted by Gasteiger charge is -2.25. The van der Waals surface area contributed by atoms with Gasteiger partial charge in [0, 0.05) is 18.9 Å². The summed E-state index contributed by atoms with van der Waals surface area (Å²) in [5.74, 6) is 1.42. The monoisotopic (exact) mass is 423 g/mol. The van der Waals surface area contributed by atoms with Crippen LogP contribution in [0.4, 0.5) is 4.39 Å². The Balaban J connectivity index is 1.81. The number of hydrogen-bond donors (Lipinski definition) is 0. The van der Waals surface area contributed by atoms with E-state index in [1.54, 1.807) is 6.26 Å². The molecule has 0 N–H and O–H groups in total. The average Bonchev–Trinajstić information content (AvgIpc) is 3.27. The van der Waals surface area contributed by atoms with E-state index in [-0.39, 0.29) is 23.7 Å². The summed E-state index contributed by atoms with van der Waals surface area (Å²) in [6.07, 6.45) is 2.87. The van der Waals surface area contributed by atoms with Crippen molar-refractivity contribution >= 4 is 5.91 Å². The van der Waals surface area contributed by atoms with Gasteiger partial charge in [0.05, 0.1) is 18.9 Å². The molecule has 31 heavy (non-hydrogen) atoms. The number of carbonyl (C=O) groups is 1. The smallest absolute Gasteiger partial charge is 0.222 e. The van der Waals surface area contributed by atoms with E-state index in [0.29, 0.717) is 25.9 Å². The fourth-order valence-corrected chi connectivity index (χ4v) is 3.66. The van der Waals surface area contributed by atoms with Crippen LogP contribution >= 0.6 is 0 Å². The summed E-state index contributed by atoms with van der Waals surface area (Å²) in [6, 6.07) is 18.3. The van der Waals surface area contributed by atoms with Crippen molar-refractivity contribution in [1.29, 1.82) is 0 Å². The molecule has 1 unspecified atom stereocenters. The van der Waals surface area contributed by atoms with E-state index in [2.05, 4.69) is 0 Å². The lowest BCUT2D eigenvalue weighted by molar-refractivity contribution is -0.131. The Hall–Kier alpha value is -3.08. The van der Waals surface area contributed by atoms with Gasteiger partial charge >= 0.3 is 0 Å². The standard InChI is InChI=1S/C26H30FNO3/c1-4-26(29)28(18-24-6-5-17-30-24)16-15-25(20-7-11-22(27)12-8-20)21-9-13-23(14-10-21)31-19(2)3/h5-14,17,19,25H,4,15-16,18H2,1-3H3. The molecule has 0 bridgehead atoms. The number of halogens is 1. The molecule has 3 aromatic rings. The molecule has 3 rings (SSSR count). The fourth-order valence-electron chi connectivity index (χ4n) is 3.66. The zero-order valence-corrected chi connectivity index (χ0v) is 18.4. The molecule has 0 aliphatic carbocycles. The van der Waals surface area contributed by atoms with Crippen LogP contribution < -0.4 is 4.74 Å². The average molecular weight is 424 g/mol. The van der Waals surface area contributed by atoms with Crippen molar-refractivity contribution in [1.82, 2.24) is 4.90 Å². The maximum absolute atomic E-state index is 13.5. The minimum absolute atomic E-state index is 0.0254. The lowest BCUT2D eigenvalue weighted by Crippen LogP contribution is -2.31. The third-order valence-corrected chi connectivity index (χ3v) is 5.20. The van der Waals surface area contributed by atoms with Crippen LogP contribution in [0.1, 0.15) is 56.4 Å². The van der Waals surface area contributed by atoms with Crippen molar-refractivity contribution in [2.45, 2.75) is 52.2 Å². The van der Waals surface area contributed by atoms with E-state index in [9.17, 15) is 9.18 Å². The largest absolute Gasteiger partial charge is 0.491 e.